The fraction of sp³-hybridized carbons (Fsp3) is 0.714. The molecule has 0 spiro atoms. The molecule has 0 bridgehead atoms. The molecule has 0 radical (unpaired) electrons. The van der Waals surface area contributed by atoms with E-state index in [1.165, 1.54) is 22.6 Å². The third-order valence-corrected chi connectivity index (χ3v) is 4.91. The van der Waals surface area contributed by atoms with Crippen molar-refractivity contribution in [2.24, 2.45) is 5.41 Å². The third kappa shape index (κ3) is 3.54. The Morgan fingerprint density at radius 1 is 1.41 bits per heavy atom. The van der Waals surface area contributed by atoms with Gasteiger partial charge < -0.3 is 10.1 Å². The van der Waals surface area contributed by atoms with E-state index >= 15 is 0 Å². The highest BCUT2D eigenvalue weighted by molar-refractivity contribution is 7.12. The van der Waals surface area contributed by atoms with Crippen LogP contribution >= 0.6 is 11.3 Å². The zero-order valence-corrected chi connectivity index (χ0v) is 11.9. The summed E-state index contributed by atoms with van der Waals surface area (Å²) in [7, 11) is 0. The fourth-order valence-electron chi connectivity index (χ4n) is 2.23. The molecule has 17 heavy (non-hydrogen) atoms. The lowest BCUT2D eigenvalue weighted by Gasteiger charge is -2.34. The highest BCUT2D eigenvalue weighted by atomic mass is 32.1. The van der Waals surface area contributed by atoms with Gasteiger partial charge in [-0.3, -0.25) is 0 Å². The quantitative estimate of drug-likeness (QED) is 0.886. The van der Waals surface area contributed by atoms with Gasteiger partial charge in [0.05, 0.1) is 0 Å². The van der Waals surface area contributed by atoms with Crippen molar-refractivity contribution in [2.45, 2.75) is 39.7 Å². The molecule has 0 saturated carbocycles. The van der Waals surface area contributed by atoms with Crippen LogP contribution in [0.15, 0.2) is 12.1 Å². The van der Waals surface area contributed by atoms with Gasteiger partial charge in [-0.25, -0.2) is 0 Å². The van der Waals surface area contributed by atoms with Crippen LogP contribution in [-0.2, 0) is 4.74 Å². The lowest BCUT2D eigenvalue weighted by molar-refractivity contribution is 0.0231. The maximum atomic E-state index is 5.43. The minimum atomic E-state index is 0.415. The summed E-state index contributed by atoms with van der Waals surface area (Å²) in [4.78, 5) is 2.84. The predicted octanol–water partition coefficient (Wildman–Crippen LogP) is 3.52. The molecule has 1 aromatic heterocycles. The molecular weight excluding hydrogens is 230 g/mol. The zero-order chi connectivity index (χ0) is 12.3. The highest BCUT2D eigenvalue weighted by Gasteiger charge is 2.27. The smallest absolute Gasteiger partial charge is 0.0471 e. The van der Waals surface area contributed by atoms with E-state index in [1.54, 1.807) is 0 Å². The van der Waals surface area contributed by atoms with Crippen molar-refractivity contribution in [1.82, 2.24) is 5.32 Å². The molecule has 1 aliphatic rings. The normalized spacial score (nSPS) is 21.4. The number of ether oxygens (including phenoxy) is 1. The summed E-state index contributed by atoms with van der Waals surface area (Å²) in [6.07, 6.45) is 2.35. The van der Waals surface area contributed by atoms with Crippen LogP contribution in [0.4, 0.5) is 0 Å². The summed E-state index contributed by atoms with van der Waals surface area (Å²) < 4.78 is 5.43. The monoisotopic (exact) mass is 253 g/mol. The molecule has 1 saturated heterocycles. The summed E-state index contributed by atoms with van der Waals surface area (Å²) in [6, 6.07) is 4.91. The van der Waals surface area contributed by atoms with E-state index in [2.05, 4.69) is 38.2 Å². The van der Waals surface area contributed by atoms with Gasteiger partial charge in [0, 0.05) is 35.6 Å². The second-order valence-electron chi connectivity index (χ2n) is 5.47. The molecule has 96 valence electrons. The maximum Gasteiger partial charge on any atom is 0.0471 e. The van der Waals surface area contributed by atoms with Gasteiger partial charge >= 0.3 is 0 Å². The number of rotatable bonds is 4. The van der Waals surface area contributed by atoms with Gasteiger partial charge in [-0.15, -0.1) is 11.3 Å². The number of nitrogens with one attached hydrogen (secondary N) is 1. The molecule has 1 aromatic rings. The SMILES string of the molecule is Cc1ccc(C(C)NCC2(C)CCOCC2)s1. The maximum absolute atomic E-state index is 5.43. The summed E-state index contributed by atoms with van der Waals surface area (Å²) in [5, 5.41) is 3.68. The Kier molecular flexibility index (Phi) is 4.23. The van der Waals surface area contributed by atoms with E-state index < -0.39 is 0 Å². The molecule has 0 amide bonds. The fourth-order valence-corrected chi connectivity index (χ4v) is 3.13. The summed E-state index contributed by atoms with van der Waals surface area (Å²) in [5.41, 5.74) is 0.415. The number of hydrogen-bond acceptors (Lipinski definition) is 3. The number of thiophene rings is 1. The van der Waals surface area contributed by atoms with Crippen LogP contribution in [0.1, 0.15) is 42.5 Å². The van der Waals surface area contributed by atoms with E-state index in [0.717, 1.165) is 19.8 Å². The van der Waals surface area contributed by atoms with E-state index in [9.17, 15) is 0 Å². The van der Waals surface area contributed by atoms with Gasteiger partial charge in [0.2, 0.25) is 0 Å². The number of hydrogen-bond donors (Lipinski definition) is 1. The first-order valence-corrected chi connectivity index (χ1v) is 7.28. The second kappa shape index (κ2) is 5.51. The standard InChI is InChI=1S/C14H23NOS/c1-11-4-5-13(17-11)12(2)15-10-14(3)6-8-16-9-7-14/h4-5,12,15H,6-10H2,1-3H3. The lowest BCUT2D eigenvalue weighted by Crippen LogP contribution is -2.37. The predicted molar refractivity (Wildman–Crippen MR) is 73.6 cm³/mol. The van der Waals surface area contributed by atoms with Gasteiger partial charge in [0.25, 0.3) is 0 Å². The van der Waals surface area contributed by atoms with Crippen LogP contribution in [0.5, 0.6) is 0 Å². The van der Waals surface area contributed by atoms with Crippen LogP contribution < -0.4 is 5.32 Å². The van der Waals surface area contributed by atoms with E-state index in [-0.39, 0.29) is 0 Å². The molecule has 2 rings (SSSR count). The minimum Gasteiger partial charge on any atom is -0.381 e. The third-order valence-electron chi connectivity index (χ3n) is 3.72. The van der Waals surface area contributed by atoms with E-state index in [4.69, 9.17) is 4.74 Å². The zero-order valence-electron chi connectivity index (χ0n) is 11.1. The van der Waals surface area contributed by atoms with Crippen LogP contribution in [-0.4, -0.2) is 19.8 Å². The highest BCUT2D eigenvalue weighted by Crippen LogP contribution is 2.30. The van der Waals surface area contributed by atoms with Crippen LogP contribution in [0.3, 0.4) is 0 Å². The molecular formula is C14H23NOS. The summed E-state index contributed by atoms with van der Waals surface area (Å²) >= 11 is 1.89. The Morgan fingerprint density at radius 3 is 2.71 bits per heavy atom. The van der Waals surface area contributed by atoms with Crippen molar-refractivity contribution in [1.29, 1.82) is 0 Å². The van der Waals surface area contributed by atoms with Crippen molar-refractivity contribution in [3.8, 4) is 0 Å². The topological polar surface area (TPSA) is 21.3 Å². The molecule has 1 fully saturated rings. The summed E-state index contributed by atoms with van der Waals surface area (Å²) in [5.74, 6) is 0. The van der Waals surface area contributed by atoms with Crippen LogP contribution in [0.2, 0.25) is 0 Å². The van der Waals surface area contributed by atoms with Crippen molar-refractivity contribution < 1.29 is 4.74 Å². The molecule has 0 aliphatic carbocycles. The van der Waals surface area contributed by atoms with Crippen molar-refractivity contribution in [3.05, 3.63) is 21.9 Å². The Bertz CT molecular complexity index is 355. The van der Waals surface area contributed by atoms with Crippen LogP contribution in [0.25, 0.3) is 0 Å². The molecule has 2 nitrogen and oxygen atoms in total. The van der Waals surface area contributed by atoms with Crippen LogP contribution in [0, 0.1) is 12.3 Å². The Morgan fingerprint density at radius 2 is 2.12 bits per heavy atom. The average Bonchev–Trinajstić information content (AvgIpc) is 2.74. The van der Waals surface area contributed by atoms with Crippen molar-refractivity contribution >= 4 is 11.3 Å². The molecule has 1 atom stereocenters. The Balaban J connectivity index is 1.85. The first-order chi connectivity index (χ1) is 8.09. The largest absolute Gasteiger partial charge is 0.381 e. The first-order valence-electron chi connectivity index (χ1n) is 6.47. The van der Waals surface area contributed by atoms with Gasteiger partial charge in [-0.2, -0.15) is 0 Å². The van der Waals surface area contributed by atoms with Gasteiger partial charge in [-0.1, -0.05) is 6.92 Å². The van der Waals surface area contributed by atoms with E-state index in [1.807, 2.05) is 11.3 Å². The van der Waals surface area contributed by atoms with Crippen molar-refractivity contribution in [3.63, 3.8) is 0 Å². The average molecular weight is 253 g/mol. The van der Waals surface area contributed by atoms with Gasteiger partial charge in [-0.05, 0) is 44.2 Å². The Hall–Kier alpha value is -0.380. The van der Waals surface area contributed by atoms with Crippen molar-refractivity contribution in [2.75, 3.05) is 19.8 Å². The molecule has 0 aromatic carbocycles. The molecule has 2 heterocycles. The van der Waals surface area contributed by atoms with E-state index in [0.29, 0.717) is 11.5 Å². The Labute approximate surface area is 108 Å². The first kappa shape index (κ1) is 13.1. The number of aryl methyl sites for hydroxylation is 1. The minimum absolute atomic E-state index is 0.415. The summed E-state index contributed by atoms with van der Waals surface area (Å²) in [6.45, 7) is 9.73. The lowest BCUT2D eigenvalue weighted by atomic mass is 9.82. The second-order valence-corrected chi connectivity index (χ2v) is 6.79. The van der Waals surface area contributed by atoms with Gasteiger partial charge in [0.15, 0.2) is 0 Å². The van der Waals surface area contributed by atoms with Gasteiger partial charge in [0.1, 0.15) is 0 Å². The molecule has 1 N–H and O–H groups in total. The molecule has 1 unspecified atom stereocenters. The molecule has 1 aliphatic heterocycles. The molecule has 3 heteroatoms.